The number of halogens is 1. The number of aromatic amines is 1. The number of aryl methyl sites for hydroxylation is 1. The molecular formula is C19H18ClN3O2. The number of fused-ring (bicyclic) bond motifs is 2. The van der Waals surface area contributed by atoms with Crippen LogP contribution in [0, 0.1) is 0 Å². The zero-order chi connectivity index (χ0) is 17.2. The fourth-order valence-corrected chi connectivity index (χ4v) is 3.26. The van der Waals surface area contributed by atoms with Crippen molar-refractivity contribution in [2.24, 2.45) is 0 Å². The van der Waals surface area contributed by atoms with E-state index in [2.05, 4.69) is 15.3 Å². The monoisotopic (exact) mass is 355 g/mol. The molecule has 0 aliphatic carbocycles. The zero-order valence-electron chi connectivity index (χ0n) is 13.6. The highest BCUT2D eigenvalue weighted by Gasteiger charge is 2.28. The van der Waals surface area contributed by atoms with Gasteiger partial charge in [-0.25, -0.2) is 4.98 Å². The molecule has 1 aliphatic rings. The van der Waals surface area contributed by atoms with Gasteiger partial charge in [-0.05, 0) is 42.3 Å². The Hall–Kier alpha value is -2.53. The number of benzene rings is 2. The quantitative estimate of drug-likeness (QED) is 0.690. The number of para-hydroxylation sites is 2. The van der Waals surface area contributed by atoms with E-state index in [1.54, 1.807) is 6.07 Å². The van der Waals surface area contributed by atoms with E-state index in [4.69, 9.17) is 16.3 Å². The molecule has 0 fully saturated rings. The molecule has 1 aromatic heterocycles. The summed E-state index contributed by atoms with van der Waals surface area (Å²) < 4.78 is 5.69. The van der Waals surface area contributed by atoms with Crippen LogP contribution in [0.15, 0.2) is 42.5 Å². The average Bonchev–Trinajstić information content (AvgIpc) is 3.21. The van der Waals surface area contributed by atoms with Crippen LogP contribution in [0.2, 0.25) is 5.02 Å². The Morgan fingerprint density at radius 2 is 2.20 bits per heavy atom. The molecule has 2 aromatic carbocycles. The summed E-state index contributed by atoms with van der Waals surface area (Å²) in [4.78, 5) is 20.1. The van der Waals surface area contributed by atoms with Gasteiger partial charge in [0.25, 0.3) is 5.91 Å². The second-order valence-corrected chi connectivity index (χ2v) is 6.59. The SMILES string of the molecule is O=C(NCCCc1nc2ccccc2[nH]1)C1Cc2cc(Cl)ccc2O1. The number of rotatable bonds is 5. The van der Waals surface area contributed by atoms with Crippen molar-refractivity contribution in [2.45, 2.75) is 25.4 Å². The third-order valence-corrected chi connectivity index (χ3v) is 4.55. The number of nitrogens with zero attached hydrogens (tertiary/aromatic N) is 1. The molecule has 5 nitrogen and oxygen atoms in total. The molecule has 0 saturated carbocycles. The normalized spacial score (nSPS) is 15.8. The van der Waals surface area contributed by atoms with Gasteiger partial charge in [0, 0.05) is 24.4 Å². The Morgan fingerprint density at radius 3 is 3.08 bits per heavy atom. The molecule has 1 atom stereocenters. The number of carbonyl (C=O) groups excluding carboxylic acids is 1. The van der Waals surface area contributed by atoms with Gasteiger partial charge in [-0.3, -0.25) is 4.79 Å². The van der Waals surface area contributed by atoms with Gasteiger partial charge in [-0.1, -0.05) is 23.7 Å². The Kier molecular flexibility index (Phi) is 4.32. The summed E-state index contributed by atoms with van der Waals surface area (Å²) in [5.41, 5.74) is 2.99. The van der Waals surface area contributed by atoms with E-state index < -0.39 is 6.10 Å². The molecule has 1 unspecified atom stereocenters. The first-order valence-corrected chi connectivity index (χ1v) is 8.73. The lowest BCUT2D eigenvalue weighted by Crippen LogP contribution is -2.38. The van der Waals surface area contributed by atoms with Crippen molar-refractivity contribution in [1.82, 2.24) is 15.3 Å². The number of hydrogen-bond acceptors (Lipinski definition) is 3. The van der Waals surface area contributed by atoms with Crippen molar-refractivity contribution < 1.29 is 9.53 Å². The molecule has 2 heterocycles. The first-order valence-electron chi connectivity index (χ1n) is 8.35. The third kappa shape index (κ3) is 3.46. The van der Waals surface area contributed by atoms with Crippen molar-refractivity contribution in [2.75, 3.05) is 6.54 Å². The number of H-pyrrole nitrogens is 1. The highest BCUT2D eigenvalue weighted by atomic mass is 35.5. The second-order valence-electron chi connectivity index (χ2n) is 6.16. The van der Waals surface area contributed by atoms with Gasteiger partial charge in [0.2, 0.25) is 0 Å². The van der Waals surface area contributed by atoms with Crippen molar-refractivity contribution >= 4 is 28.5 Å². The summed E-state index contributed by atoms with van der Waals surface area (Å²) >= 11 is 5.98. The summed E-state index contributed by atoms with van der Waals surface area (Å²) in [6.45, 7) is 0.590. The number of aromatic nitrogens is 2. The molecule has 0 spiro atoms. The summed E-state index contributed by atoms with van der Waals surface area (Å²) in [5, 5.41) is 3.60. The molecule has 1 aliphatic heterocycles. The molecule has 4 rings (SSSR count). The molecular weight excluding hydrogens is 338 g/mol. The summed E-state index contributed by atoms with van der Waals surface area (Å²) in [5.74, 6) is 1.60. The van der Waals surface area contributed by atoms with Crippen LogP contribution >= 0.6 is 11.6 Å². The Morgan fingerprint density at radius 1 is 1.32 bits per heavy atom. The maximum absolute atomic E-state index is 12.3. The van der Waals surface area contributed by atoms with E-state index in [1.807, 2.05) is 36.4 Å². The number of nitrogens with one attached hydrogen (secondary N) is 2. The molecule has 128 valence electrons. The number of hydrogen-bond donors (Lipinski definition) is 2. The van der Waals surface area contributed by atoms with E-state index >= 15 is 0 Å². The third-order valence-electron chi connectivity index (χ3n) is 4.32. The van der Waals surface area contributed by atoms with E-state index in [-0.39, 0.29) is 5.91 Å². The molecule has 0 bridgehead atoms. The van der Waals surface area contributed by atoms with Crippen molar-refractivity contribution in [3.63, 3.8) is 0 Å². The molecule has 0 saturated heterocycles. The largest absolute Gasteiger partial charge is 0.480 e. The van der Waals surface area contributed by atoms with E-state index in [0.717, 1.165) is 41.0 Å². The van der Waals surface area contributed by atoms with Gasteiger partial charge in [0.05, 0.1) is 11.0 Å². The number of amides is 1. The van der Waals surface area contributed by atoms with Crippen LogP contribution in [0.4, 0.5) is 0 Å². The van der Waals surface area contributed by atoms with Gasteiger partial charge in [0.15, 0.2) is 6.10 Å². The lowest BCUT2D eigenvalue weighted by molar-refractivity contribution is -0.127. The predicted octanol–water partition coefficient (Wildman–Crippen LogP) is 3.27. The van der Waals surface area contributed by atoms with E-state index in [1.165, 1.54) is 0 Å². The zero-order valence-corrected chi connectivity index (χ0v) is 14.3. The highest BCUT2D eigenvalue weighted by molar-refractivity contribution is 6.30. The van der Waals surface area contributed by atoms with E-state index in [9.17, 15) is 4.79 Å². The smallest absolute Gasteiger partial charge is 0.261 e. The van der Waals surface area contributed by atoms with Crippen molar-refractivity contribution in [1.29, 1.82) is 0 Å². The van der Waals surface area contributed by atoms with Crippen molar-refractivity contribution in [3.05, 3.63) is 58.9 Å². The van der Waals surface area contributed by atoms with Crippen LogP contribution in [0.5, 0.6) is 5.75 Å². The van der Waals surface area contributed by atoms with Gasteiger partial charge in [-0.2, -0.15) is 0 Å². The summed E-state index contributed by atoms with van der Waals surface area (Å²) in [6, 6.07) is 13.4. The standard InChI is InChI=1S/C19H18ClN3O2/c20-13-7-8-16-12(10-13)11-17(25-16)19(24)21-9-3-6-18-22-14-4-1-2-5-15(14)23-18/h1-2,4-5,7-8,10,17H,3,6,9,11H2,(H,21,24)(H,22,23). The summed E-state index contributed by atoms with van der Waals surface area (Å²) in [6.07, 6.45) is 1.69. The minimum atomic E-state index is -0.473. The van der Waals surface area contributed by atoms with Crippen LogP contribution in [-0.4, -0.2) is 28.5 Å². The molecule has 1 amide bonds. The predicted molar refractivity (Wildman–Crippen MR) is 97.0 cm³/mol. The van der Waals surface area contributed by atoms with Gasteiger partial charge in [-0.15, -0.1) is 0 Å². The topological polar surface area (TPSA) is 67.0 Å². The van der Waals surface area contributed by atoms with Crippen LogP contribution in [0.1, 0.15) is 17.8 Å². The summed E-state index contributed by atoms with van der Waals surface area (Å²) in [7, 11) is 0. The van der Waals surface area contributed by atoms with Crippen LogP contribution in [-0.2, 0) is 17.6 Å². The van der Waals surface area contributed by atoms with E-state index in [0.29, 0.717) is 18.0 Å². The molecule has 2 N–H and O–H groups in total. The molecule has 25 heavy (non-hydrogen) atoms. The van der Waals surface area contributed by atoms with Gasteiger partial charge < -0.3 is 15.0 Å². The average molecular weight is 356 g/mol. The van der Waals surface area contributed by atoms with Crippen molar-refractivity contribution in [3.8, 4) is 5.75 Å². The Bertz CT molecular complexity index is 889. The number of carbonyl (C=O) groups is 1. The van der Waals surface area contributed by atoms with Crippen LogP contribution in [0.25, 0.3) is 11.0 Å². The van der Waals surface area contributed by atoms with Gasteiger partial charge in [0.1, 0.15) is 11.6 Å². The Balaban J connectivity index is 1.26. The molecule has 0 radical (unpaired) electrons. The maximum atomic E-state index is 12.3. The van der Waals surface area contributed by atoms with Gasteiger partial charge >= 0.3 is 0 Å². The second kappa shape index (κ2) is 6.76. The first kappa shape index (κ1) is 16.0. The molecule has 6 heteroatoms. The molecule has 3 aromatic rings. The van der Waals surface area contributed by atoms with Crippen LogP contribution in [0.3, 0.4) is 0 Å². The Labute approximate surface area is 150 Å². The lowest BCUT2D eigenvalue weighted by atomic mass is 10.1. The van der Waals surface area contributed by atoms with Crippen LogP contribution < -0.4 is 10.1 Å². The maximum Gasteiger partial charge on any atom is 0.261 e. The first-order chi connectivity index (χ1) is 12.2. The number of ether oxygens (including phenoxy) is 1. The number of imidazole rings is 1. The highest BCUT2D eigenvalue weighted by Crippen LogP contribution is 2.31. The fraction of sp³-hybridized carbons (Fsp3) is 0.263. The minimum absolute atomic E-state index is 0.0862. The lowest BCUT2D eigenvalue weighted by Gasteiger charge is -2.11. The minimum Gasteiger partial charge on any atom is -0.480 e. The fourth-order valence-electron chi connectivity index (χ4n) is 3.07.